The number of ether oxygens (including phenoxy) is 2. The molecule has 132 valence electrons. The van der Waals surface area contributed by atoms with Crippen LogP contribution in [0.2, 0.25) is 10.0 Å². The second kappa shape index (κ2) is 8.46. The standard InChI is InChI=1S/C16H15Cl2N3O4/c1-24-13-5-3-9(17)7-11(13)19-15(22)21-16(23)20-12-8-10(18)4-6-14(12)25-2/h3-8H,1-2H3,(H3,19,20,21,22,23). The van der Waals surface area contributed by atoms with Gasteiger partial charge in [-0.3, -0.25) is 5.32 Å². The van der Waals surface area contributed by atoms with Crippen LogP contribution in [-0.2, 0) is 0 Å². The summed E-state index contributed by atoms with van der Waals surface area (Å²) in [5, 5.41) is 7.90. The molecule has 0 radical (unpaired) electrons. The molecule has 0 saturated heterocycles. The number of nitrogens with one attached hydrogen (secondary N) is 3. The van der Waals surface area contributed by atoms with Crippen LogP contribution in [0.3, 0.4) is 0 Å². The first-order valence-electron chi connectivity index (χ1n) is 6.99. The molecule has 0 aliphatic rings. The number of carbonyl (C=O) groups excluding carboxylic acids is 2. The largest absolute Gasteiger partial charge is 0.495 e. The lowest BCUT2D eigenvalue weighted by molar-refractivity contribution is 0.240. The maximum Gasteiger partial charge on any atom is 0.327 e. The quantitative estimate of drug-likeness (QED) is 0.731. The highest BCUT2D eigenvalue weighted by molar-refractivity contribution is 6.31. The minimum absolute atomic E-state index is 0.320. The van der Waals surface area contributed by atoms with E-state index in [0.717, 1.165) is 0 Å². The van der Waals surface area contributed by atoms with Crippen LogP contribution < -0.4 is 25.4 Å². The Bertz CT molecular complexity index is 733. The molecule has 4 amide bonds. The molecule has 2 rings (SSSR count). The summed E-state index contributed by atoms with van der Waals surface area (Å²) in [4.78, 5) is 23.9. The van der Waals surface area contributed by atoms with Crippen molar-refractivity contribution in [3.8, 4) is 11.5 Å². The van der Waals surface area contributed by atoms with Gasteiger partial charge in [-0.15, -0.1) is 0 Å². The van der Waals surface area contributed by atoms with Gasteiger partial charge in [0.1, 0.15) is 11.5 Å². The molecular weight excluding hydrogens is 369 g/mol. The fourth-order valence-electron chi connectivity index (χ4n) is 1.97. The number of amides is 4. The molecule has 0 saturated carbocycles. The molecule has 0 heterocycles. The number of halogens is 2. The van der Waals surface area contributed by atoms with Crippen LogP contribution in [0, 0.1) is 0 Å². The van der Waals surface area contributed by atoms with Gasteiger partial charge >= 0.3 is 12.1 Å². The Morgan fingerprint density at radius 2 is 1.20 bits per heavy atom. The van der Waals surface area contributed by atoms with E-state index in [1.807, 2.05) is 0 Å². The molecular formula is C16H15Cl2N3O4. The summed E-state index contributed by atoms with van der Waals surface area (Å²) >= 11 is 11.8. The Balaban J connectivity index is 2.03. The van der Waals surface area contributed by atoms with Crippen LogP contribution in [0.1, 0.15) is 0 Å². The van der Waals surface area contributed by atoms with Crippen molar-refractivity contribution < 1.29 is 19.1 Å². The van der Waals surface area contributed by atoms with Crippen molar-refractivity contribution in [1.82, 2.24) is 5.32 Å². The third-order valence-electron chi connectivity index (χ3n) is 3.05. The topological polar surface area (TPSA) is 88.7 Å². The van der Waals surface area contributed by atoms with Gasteiger partial charge in [-0.25, -0.2) is 9.59 Å². The van der Waals surface area contributed by atoms with Crippen LogP contribution in [0.15, 0.2) is 36.4 Å². The lowest BCUT2D eigenvalue weighted by atomic mass is 10.3. The van der Waals surface area contributed by atoms with E-state index in [1.54, 1.807) is 24.3 Å². The number of carbonyl (C=O) groups is 2. The fraction of sp³-hybridized carbons (Fsp3) is 0.125. The van der Waals surface area contributed by atoms with Crippen molar-refractivity contribution >= 4 is 46.6 Å². The maximum atomic E-state index is 12.0. The van der Waals surface area contributed by atoms with E-state index in [0.29, 0.717) is 32.9 Å². The van der Waals surface area contributed by atoms with Gasteiger partial charge in [0, 0.05) is 10.0 Å². The third-order valence-corrected chi connectivity index (χ3v) is 3.52. The molecule has 0 unspecified atom stereocenters. The minimum Gasteiger partial charge on any atom is -0.495 e. The van der Waals surface area contributed by atoms with Crippen molar-refractivity contribution in [1.29, 1.82) is 0 Å². The molecule has 0 aliphatic heterocycles. The third kappa shape index (κ3) is 5.17. The lowest BCUT2D eigenvalue weighted by Crippen LogP contribution is -2.37. The summed E-state index contributed by atoms with van der Waals surface area (Å²) in [6, 6.07) is 7.88. The normalized spacial score (nSPS) is 9.92. The first kappa shape index (κ1) is 18.7. The molecule has 3 N–H and O–H groups in total. The van der Waals surface area contributed by atoms with E-state index in [2.05, 4.69) is 16.0 Å². The number of rotatable bonds is 4. The molecule has 0 aliphatic carbocycles. The number of methoxy groups -OCH3 is 2. The smallest absolute Gasteiger partial charge is 0.327 e. The number of benzene rings is 2. The highest BCUT2D eigenvalue weighted by Crippen LogP contribution is 2.28. The molecule has 2 aromatic carbocycles. The van der Waals surface area contributed by atoms with Crippen molar-refractivity contribution in [3.05, 3.63) is 46.4 Å². The molecule has 25 heavy (non-hydrogen) atoms. The summed E-state index contributed by atoms with van der Waals surface area (Å²) < 4.78 is 10.2. The molecule has 0 bridgehead atoms. The van der Waals surface area contributed by atoms with Crippen LogP contribution in [0.25, 0.3) is 0 Å². The maximum absolute atomic E-state index is 12.0. The van der Waals surface area contributed by atoms with Crippen molar-refractivity contribution in [2.75, 3.05) is 24.9 Å². The average molecular weight is 384 g/mol. The van der Waals surface area contributed by atoms with Gasteiger partial charge in [0.15, 0.2) is 0 Å². The summed E-state index contributed by atoms with van der Waals surface area (Å²) in [5.41, 5.74) is 0.640. The second-order valence-corrected chi connectivity index (χ2v) is 5.60. The highest BCUT2D eigenvalue weighted by atomic mass is 35.5. The van der Waals surface area contributed by atoms with E-state index in [-0.39, 0.29) is 0 Å². The zero-order valence-electron chi connectivity index (χ0n) is 13.4. The minimum atomic E-state index is -0.765. The number of urea groups is 2. The summed E-state index contributed by atoms with van der Waals surface area (Å²) in [6.45, 7) is 0. The monoisotopic (exact) mass is 383 g/mol. The Hall–Kier alpha value is -2.64. The van der Waals surface area contributed by atoms with Gasteiger partial charge in [-0.2, -0.15) is 0 Å². The molecule has 0 fully saturated rings. The van der Waals surface area contributed by atoms with Crippen molar-refractivity contribution in [2.45, 2.75) is 0 Å². The van der Waals surface area contributed by atoms with E-state index >= 15 is 0 Å². The molecule has 0 atom stereocenters. The van der Waals surface area contributed by atoms with Crippen LogP contribution in [-0.4, -0.2) is 26.3 Å². The lowest BCUT2D eigenvalue weighted by Gasteiger charge is -2.13. The van der Waals surface area contributed by atoms with E-state index in [9.17, 15) is 9.59 Å². The Kier molecular flexibility index (Phi) is 6.32. The number of imide groups is 1. The Morgan fingerprint density at radius 1 is 0.800 bits per heavy atom. The summed E-state index contributed by atoms with van der Waals surface area (Å²) in [5.74, 6) is 0.799. The van der Waals surface area contributed by atoms with Gasteiger partial charge in [-0.05, 0) is 36.4 Å². The molecule has 7 nitrogen and oxygen atoms in total. The SMILES string of the molecule is COc1ccc(Cl)cc1NC(=O)NC(=O)Nc1cc(Cl)ccc1OC. The zero-order valence-corrected chi connectivity index (χ0v) is 14.9. The van der Waals surface area contributed by atoms with Gasteiger partial charge in [0.25, 0.3) is 0 Å². The molecule has 9 heteroatoms. The van der Waals surface area contributed by atoms with E-state index in [1.165, 1.54) is 26.4 Å². The van der Waals surface area contributed by atoms with Crippen molar-refractivity contribution in [2.24, 2.45) is 0 Å². The summed E-state index contributed by atoms with van der Waals surface area (Å²) in [6.07, 6.45) is 0. The fourth-order valence-corrected chi connectivity index (χ4v) is 2.31. The first-order valence-corrected chi connectivity index (χ1v) is 7.74. The van der Waals surface area contributed by atoms with Gasteiger partial charge in [-0.1, -0.05) is 23.2 Å². The van der Waals surface area contributed by atoms with Gasteiger partial charge < -0.3 is 20.1 Å². The number of hydrogen-bond acceptors (Lipinski definition) is 4. The van der Waals surface area contributed by atoms with E-state index < -0.39 is 12.1 Å². The van der Waals surface area contributed by atoms with Crippen LogP contribution in [0.5, 0.6) is 11.5 Å². The highest BCUT2D eigenvalue weighted by Gasteiger charge is 2.13. The first-order chi connectivity index (χ1) is 11.9. The number of hydrogen-bond donors (Lipinski definition) is 3. The second-order valence-electron chi connectivity index (χ2n) is 4.72. The van der Waals surface area contributed by atoms with Gasteiger partial charge in [0.05, 0.1) is 25.6 Å². The summed E-state index contributed by atoms with van der Waals surface area (Å²) in [7, 11) is 2.90. The van der Waals surface area contributed by atoms with Crippen LogP contribution >= 0.6 is 23.2 Å². The Morgan fingerprint density at radius 3 is 1.56 bits per heavy atom. The predicted molar refractivity (Wildman–Crippen MR) is 97.2 cm³/mol. The van der Waals surface area contributed by atoms with Crippen LogP contribution in [0.4, 0.5) is 21.0 Å². The molecule has 2 aromatic rings. The van der Waals surface area contributed by atoms with Gasteiger partial charge in [0.2, 0.25) is 0 Å². The average Bonchev–Trinajstić information content (AvgIpc) is 2.55. The van der Waals surface area contributed by atoms with E-state index in [4.69, 9.17) is 32.7 Å². The number of anilines is 2. The predicted octanol–water partition coefficient (Wildman–Crippen LogP) is 4.36. The molecule has 0 aromatic heterocycles. The molecule has 0 spiro atoms. The zero-order chi connectivity index (χ0) is 18.4. The Labute approximate surface area is 154 Å². The van der Waals surface area contributed by atoms with Crippen molar-refractivity contribution in [3.63, 3.8) is 0 Å².